The van der Waals surface area contributed by atoms with Crippen molar-refractivity contribution in [1.29, 1.82) is 0 Å². The Bertz CT molecular complexity index is 248. The minimum absolute atomic E-state index is 0.660. The second kappa shape index (κ2) is 15.7. The van der Waals surface area contributed by atoms with E-state index in [1.165, 1.54) is 0 Å². The van der Waals surface area contributed by atoms with Crippen LogP contribution in [0.3, 0.4) is 0 Å². The second-order valence-electron chi connectivity index (χ2n) is 6.63. The van der Waals surface area contributed by atoms with Crippen molar-refractivity contribution in [2.24, 2.45) is 0 Å². The van der Waals surface area contributed by atoms with Gasteiger partial charge in [-0.05, 0) is 0 Å². The van der Waals surface area contributed by atoms with Crippen molar-refractivity contribution in [3.8, 4) is 0 Å². The summed E-state index contributed by atoms with van der Waals surface area (Å²) in [5.74, 6) is 0. The standard InChI is InChI=1S/C18H38N4O4/c1-2-20-4-6-22-9-13-25-17-15-23-11-7-21(5-3-19-1)8-12-24-16-18-26-14-10-22/h19-20H,1-18H2. The third-order valence-electron chi connectivity index (χ3n) is 4.64. The predicted molar refractivity (Wildman–Crippen MR) is 102 cm³/mol. The molecule has 0 aromatic carbocycles. The van der Waals surface area contributed by atoms with Crippen molar-refractivity contribution in [2.75, 3.05) is 118 Å². The molecule has 8 nitrogen and oxygen atoms in total. The molecule has 0 amide bonds. The van der Waals surface area contributed by atoms with Crippen LogP contribution in [0, 0.1) is 0 Å². The molecule has 0 unspecified atom stereocenters. The summed E-state index contributed by atoms with van der Waals surface area (Å²) in [7, 11) is 0. The van der Waals surface area contributed by atoms with Gasteiger partial charge in [0.05, 0.1) is 52.9 Å². The second-order valence-corrected chi connectivity index (χ2v) is 6.63. The molecule has 3 aliphatic rings. The average molecular weight is 375 g/mol. The van der Waals surface area contributed by atoms with Crippen LogP contribution in [0.15, 0.2) is 0 Å². The lowest BCUT2D eigenvalue weighted by atomic mass is 10.4. The first-order chi connectivity index (χ1) is 12.9. The molecule has 3 fully saturated rings. The molecule has 2 N–H and O–H groups in total. The summed E-state index contributed by atoms with van der Waals surface area (Å²) in [6, 6.07) is 0. The van der Waals surface area contributed by atoms with Crippen LogP contribution in [0.5, 0.6) is 0 Å². The maximum absolute atomic E-state index is 5.73. The van der Waals surface area contributed by atoms with Gasteiger partial charge in [0, 0.05) is 65.4 Å². The highest BCUT2D eigenvalue weighted by atomic mass is 16.5. The fourth-order valence-corrected chi connectivity index (χ4v) is 2.99. The van der Waals surface area contributed by atoms with Crippen LogP contribution in [-0.2, 0) is 18.9 Å². The van der Waals surface area contributed by atoms with E-state index in [4.69, 9.17) is 18.9 Å². The number of ether oxygens (including phenoxy) is 4. The monoisotopic (exact) mass is 374 g/mol. The largest absolute Gasteiger partial charge is 0.378 e. The van der Waals surface area contributed by atoms with Gasteiger partial charge in [0.15, 0.2) is 0 Å². The van der Waals surface area contributed by atoms with Gasteiger partial charge in [-0.2, -0.15) is 0 Å². The minimum atomic E-state index is 0.660. The molecule has 0 aromatic rings. The SMILES string of the molecule is C1CNCCN2CCOCCOCCN(CCN1)CCOCCOCC2. The number of fused-ring (bicyclic) bond motifs is 21. The summed E-state index contributed by atoms with van der Waals surface area (Å²) >= 11 is 0. The quantitative estimate of drug-likeness (QED) is 0.552. The Morgan fingerprint density at radius 2 is 0.731 bits per heavy atom. The Labute approximate surface area is 158 Å². The fraction of sp³-hybridized carbons (Fsp3) is 1.00. The molecule has 0 radical (unpaired) electrons. The molecule has 3 aliphatic heterocycles. The lowest BCUT2D eigenvalue weighted by Crippen LogP contribution is -2.41. The average Bonchev–Trinajstić information content (AvgIpc) is 2.65. The van der Waals surface area contributed by atoms with Crippen LogP contribution in [-0.4, -0.2) is 128 Å². The van der Waals surface area contributed by atoms with Crippen LogP contribution in [0.25, 0.3) is 0 Å². The maximum atomic E-state index is 5.73. The van der Waals surface area contributed by atoms with Crippen LogP contribution >= 0.6 is 0 Å². The Morgan fingerprint density at radius 1 is 0.385 bits per heavy atom. The minimum Gasteiger partial charge on any atom is -0.378 e. The topological polar surface area (TPSA) is 67.5 Å². The van der Waals surface area contributed by atoms with E-state index in [0.717, 1.165) is 91.9 Å². The van der Waals surface area contributed by atoms with Gasteiger partial charge in [-0.1, -0.05) is 0 Å². The first-order valence-corrected chi connectivity index (χ1v) is 10.1. The summed E-state index contributed by atoms with van der Waals surface area (Å²) in [6.07, 6.45) is 0. The van der Waals surface area contributed by atoms with Gasteiger partial charge >= 0.3 is 0 Å². The van der Waals surface area contributed by atoms with Gasteiger partial charge in [0.2, 0.25) is 0 Å². The molecule has 0 aliphatic carbocycles. The summed E-state index contributed by atoms with van der Waals surface area (Å²) < 4.78 is 22.9. The van der Waals surface area contributed by atoms with E-state index in [-0.39, 0.29) is 0 Å². The zero-order valence-corrected chi connectivity index (χ0v) is 16.3. The van der Waals surface area contributed by atoms with Crippen LogP contribution in [0.4, 0.5) is 0 Å². The van der Waals surface area contributed by atoms with Crippen LogP contribution in [0.2, 0.25) is 0 Å². The molecular weight excluding hydrogens is 336 g/mol. The molecular formula is C18H38N4O4. The Morgan fingerprint density at radius 3 is 1.08 bits per heavy atom. The van der Waals surface area contributed by atoms with Crippen molar-refractivity contribution >= 4 is 0 Å². The number of hydrogen-bond donors (Lipinski definition) is 2. The van der Waals surface area contributed by atoms with Crippen molar-refractivity contribution in [3.05, 3.63) is 0 Å². The first-order valence-electron chi connectivity index (χ1n) is 10.1. The Balaban J connectivity index is 1.87. The number of hydrogen-bond acceptors (Lipinski definition) is 8. The van der Waals surface area contributed by atoms with Gasteiger partial charge in [-0.25, -0.2) is 0 Å². The molecule has 2 bridgehead atoms. The number of rotatable bonds is 0. The maximum Gasteiger partial charge on any atom is 0.0701 e. The molecule has 0 atom stereocenters. The van der Waals surface area contributed by atoms with Crippen molar-refractivity contribution in [2.45, 2.75) is 0 Å². The number of nitrogens with one attached hydrogen (secondary N) is 2. The molecule has 0 spiro atoms. The lowest BCUT2D eigenvalue weighted by molar-refractivity contribution is 0.00822. The van der Waals surface area contributed by atoms with Crippen molar-refractivity contribution in [1.82, 2.24) is 20.4 Å². The van der Waals surface area contributed by atoms with Gasteiger partial charge in [-0.3, -0.25) is 9.80 Å². The Hall–Kier alpha value is -0.320. The molecule has 3 saturated heterocycles. The fourth-order valence-electron chi connectivity index (χ4n) is 2.99. The predicted octanol–water partition coefficient (Wildman–Crippen LogP) is -1.14. The van der Waals surface area contributed by atoms with Gasteiger partial charge in [0.25, 0.3) is 0 Å². The molecule has 8 heteroatoms. The zero-order valence-electron chi connectivity index (χ0n) is 16.3. The normalized spacial score (nSPS) is 30.5. The third-order valence-corrected chi connectivity index (χ3v) is 4.64. The lowest BCUT2D eigenvalue weighted by Gasteiger charge is -2.24. The third kappa shape index (κ3) is 11.4. The molecule has 3 rings (SSSR count). The molecule has 0 aromatic heterocycles. The van der Waals surface area contributed by atoms with Crippen LogP contribution in [0.1, 0.15) is 0 Å². The van der Waals surface area contributed by atoms with E-state index in [1.54, 1.807) is 0 Å². The summed E-state index contributed by atoms with van der Waals surface area (Å²) in [5, 5.41) is 7.04. The van der Waals surface area contributed by atoms with Gasteiger partial charge < -0.3 is 29.6 Å². The summed E-state index contributed by atoms with van der Waals surface area (Å²) in [4.78, 5) is 4.79. The molecule has 3 heterocycles. The highest BCUT2D eigenvalue weighted by Gasteiger charge is 2.08. The summed E-state index contributed by atoms with van der Waals surface area (Å²) in [5.41, 5.74) is 0. The highest BCUT2D eigenvalue weighted by Crippen LogP contribution is 1.94. The smallest absolute Gasteiger partial charge is 0.0701 e. The number of nitrogens with zero attached hydrogens (tertiary/aromatic N) is 2. The molecule has 154 valence electrons. The molecule has 26 heavy (non-hydrogen) atoms. The van der Waals surface area contributed by atoms with E-state index in [9.17, 15) is 0 Å². The van der Waals surface area contributed by atoms with Gasteiger partial charge in [0.1, 0.15) is 0 Å². The van der Waals surface area contributed by atoms with E-state index in [1.807, 2.05) is 0 Å². The first kappa shape index (κ1) is 22.0. The summed E-state index contributed by atoms with van der Waals surface area (Å²) in [6.45, 7) is 15.3. The molecule has 0 saturated carbocycles. The zero-order chi connectivity index (χ0) is 18.1. The van der Waals surface area contributed by atoms with E-state index in [2.05, 4.69) is 20.4 Å². The highest BCUT2D eigenvalue weighted by molar-refractivity contribution is 4.63. The van der Waals surface area contributed by atoms with E-state index >= 15 is 0 Å². The van der Waals surface area contributed by atoms with Crippen molar-refractivity contribution < 1.29 is 18.9 Å². The Kier molecular flexibility index (Phi) is 13.3. The van der Waals surface area contributed by atoms with Crippen molar-refractivity contribution in [3.63, 3.8) is 0 Å². The van der Waals surface area contributed by atoms with Gasteiger partial charge in [-0.15, -0.1) is 0 Å². The van der Waals surface area contributed by atoms with E-state index < -0.39 is 0 Å². The van der Waals surface area contributed by atoms with E-state index in [0.29, 0.717) is 26.4 Å². The van der Waals surface area contributed by atoms with Crippen LogP contribution < -0.4 is 10.6 Å².